The van der Waals surface area contributed by atoms with Gasteiger partial charge in [0.25, 0.3) is 0 Å². The van der Waals surface area contributed by atoms with Gasteiger partial charge in [-0.2, -0.15) is 0 Å². The molecule has 1 saturated carbocycles. The lowest BCUT2D eigenvalue weighted by atomic mass is 10.1. The highest BCUT2D eigenvalue weighted by atomic mass is 14.9. The number of aryl methyl sites for hydroxylation is 1. The Hall–Kier alpha value is -0.960. The van der Waals surface area contributed by atoms with E-state index in [0.717, 1.165) is 30.3 Å². The fourth-order valence-electron chi connectivity index (χ4n) is 2.37. The molecule has 1 aromatic rings. The zero-order valence-electron chi connectivity index (χ0n) is 10.3. The summed E-state index contributed by atoms with van der Waals surface area (Å²) in [7, 11) is 0. The van der Waals surface area contributed by atoms with E-state index in [1.54, 1.807) is 0 Å². The summed E-state index contributed by atoms with van der Waals surface area (Å²) in [5.41, 5.74) is 2.24. The average molecular weight is 219 g/mol. The maximum atomic E-state index is 4.68. The van der Waals surface area contributed by atoms with Crippen LogP contribution in [0.25, 0.3) is 0 Å². The summed E-state index contributed by atoms with van der Waals surface area (Å²) in [5.74, 6) is 1.69. The first kappa shape index (κ1) is 11.5. The molecule has 1 aliphatic rings. The molecule has 0 atom stereocenters. The predicted molar refractivity (Wildman–Crippen MR) is 65.4 cm³/mol. The van der Waals surface area contributed by atoms with Gasteiger partial charge in [-0.05, 0) is 32.4 Å². The second-order valence-electron chi connectivity index (χ2n) is 4.62. The standard InChI is InChI=1S/C13H21N3/c1-3-14-9-12-8-10(2)15-13(16-12)11-6-4-5-7-11/h8,11,14H,3-7,9H2,1-2H3. The van der Waals surface area contributed by atoms with Gasteiger partial charge in [-0.25, -0.2) is 9.97 Å². The number of hydrogen-bond acceptors (Lipinski definition) is 3. The maximum Gasteiger partial charge on any atom is 0.131 e. The van der Waals surface area contributed by atoms with Crippen LogP contribution in [0.1, 0.15) is 55.7 Å². The van der Waals surface area contributed by atoms with E-state index in [0.29, 0.717) is 5.92 Å². The van der Waals surface area contributed by atoms with E-state index < -0.39 is 0 Å². The van der Waals surface area contributed by atoms with Gasteiger partial charge in [-0.15, -0.1) is 0 Å². The van der Waals surface area contributed by atoms with Crippen LogP contribution in [0.4, 0.5) is 0 Å². The van der Waals surface area contributed by atoms with Crippen LogP contribution in [0.5, 0.6) is 0 Å². The number of aromatic nitrogens is 2. The number of rotatable bonds is 4. The zero-order valence-corrected chi connectivity index (χ0v) is 10.3. The molecule has 3 nitrogen and oxygen atoms in total. The molecule has 16 heavy (non-hydrogen) atoms. The molecule has 0 amide bonds. The van der Waals surface area contributed by atoms with E-state index in [-0.39, 0.29) is 0 Å². The molecule has 2 rings (SSSR count). The normalized spacial score (nSPS) is 16.9. The molecule has 1 fully saturated rings. The summed E-state index contributed by atoms with van der Waals surface area (Å²) >= 11 is 0. The largest absolute Gasteiger partial charge is 0.311 e. The quantitative estimate of drug-likeness (QED) is 0.845. The Balaban J connectivity index is 2.14. The van der Waals surface area contributed by atoms with Crippen molar-refractivity contribution < 1.29 is 0 Å². The molecule has 0 spiro atoms. The lowest BCUT2D eigenvalue weighted by Crippen LogP contribution is -2.15. The average Bonchev–Trinajstić information content (AvgIpc) is 2.79. The van der Waals surface area contributed by atoms with Gasteiger partial charge in [0.05, 0.1) is 5.69 Å². The van der Waals surface area contributed by atoms with Crippen molar-refractivity contribution in [1.82, 2.24) is 15.3 Å². The van der Waals surface area contributed by atoms with Gasteiger partial charge in [0.15, 0.2) is 0 Å². The molecule has 0 bridgehead atoms. The fraction of sp³-hybridized carbons (Fsp3) is 0.692. The third-order valence-corrected chi connectivity index (χ3v) is 3.20. The van der Waals surface area contributed by atoms with Crippen molar-refractivity contribution in [1.29, 1.82) is 0 Å². The lowest BCUT2D eigenvalue weighted by molar-refractivity contribution is 0.640. The predicted octanol–water partition coefficient (Wildman–Crippen LogP) is 2.55. The van der Waals surface area contributed by atoms with E-state index in [9.17, 15) is 0 Å². The van der Waals surface area contributed by atoms with Crippen LogP contribution < -0.4 is 5.32 Å². The molecular formula is C13H21N3. The summed E-state index contributed by atoms with van der Waals surface area (Å²) in [6.45, 7) is 6.03. The second-order valence-corrected chi connectivity index (χ2v) is 4.62. The van der Waals surface area contributed by atoms with E-state index in [2.05, 4.69) is 35.2 Å². The van der Waals surface area contributed by atoms with Crippen LogP contribution >= 0.6 is 0 Å². The summed E-state index contributed by atoms with van der Waals surface area (Å²) in [6.07, 6.45) is 5.21. The van der Waals surface area contributed by atoms with Crippen molar-refractivity contribution in [3.05, 3.63) is 23.3 Å². The Bertz CT molecular complexity index is 343. The molecule has 1 heterocycles. The van der Waals surface area contributed by atoms with Crippen LogP contribution in [0.2, 0.25) is 0 Å². The molecule has 1 N–H and O–H groups in total. The smallest absolute Gasteiger partial charge is 0.131 e. The monoisotopic (exact) mass is 219 g/mol. The molecule has 88 valence electrons. The van der Waals surface area contributed by atoms with Crippen LogP contribution in [0.15, 0.2) is 6.07 Å². The highest BCUT2D eigenvalue weighted by Gasteiger charge is 2.20. The lowest BCUT2D eigenvalue weighted by Gasteiger charge is -2.10. The first-order valence-electron chi connectivity index (χ1n) is 6.34. The summed E-state index contributed by atoms with van der Waals surface area (Å²) in [4.78, 5) is 9.26. The van der Waals surface area contributed by atoms with Crippen LogP contribution in [0.3, 0.4) is 0 Å². The molecule has 1 aromatic heterocycles. The number of nitrogens with one attached hydrogen (secondary N) is 1. The second kappa shape index (κ2) is 5.39. The Morgan fingerprint density at radius 3 is 2.75 bits per heavy atom. The van der Waals surface area contributed by atoms with Crippen molar-refractivity contribution in [2.24, 2.45) is 0 Å². The highest BCUT2D eigenvalue weighted by molar-refractivity contribution is 5.13. The van der Waals surface area contributed by atoms with E-state index in [1.165, 1.54) is 25.7 Å². The minimum absolute atomic E-state index is 0.611. The molecule has 0 radical (unpaired) electrons. The number of nitrogens with zero attached hydrogens (tertiary/aromatic N) is 2. The first-order chi connectivity index (χ1) is 7.79. The molecule has 0 unspecified atom stereocenters. The van der Waals surface area contributed by atoms with Crippen LogP contribution in [-0.2, 0) is 6.54 Å². The minimum Gasteiger partial charge on any atom is -0.311 e. The molecule has 0 saturated heterocycles. The maximum absolute atomic E-state index is 4.68. The first-order valence-corrected chi connectivity index (χ1v) is 6.34. The third kappa shape index (κ3) is 2.79. The Morgan fingerprint density at radius 2 is 2.06 bits per heavy atom. The molecule has 0 aliphatic heterocycles. The van der Waals surface area contributed by atoms with Gasteiger partial charge < -0.3 is 5.32 Å². The van der Waals surface area contributed by atoms with Gasteiger partial charge in [-0.1, -0.05) is 19.8 Å². The van der Waals surface area contributed by atoms with Gasteiger partial charge >= 0.3 is 0 Å². The minimum atomic E-state index is 0.611. The van der Waals surface area contributed by atoms with Crippen molar-refractivity contribution in [2.45, 2.75) is 52.0 Å². The molecule has 3 heteroatoms. The molecule has 0 aromatic carbocycles. The summed E-state index contributed by atoms with van der Waals surface area (Å²) in [5, 5.41) is 3.32. The topological polar surface area (TPSA) is 37.8 Å². The van der Waals surface area contributed by atoms with Crippen molar-refractivity contribution in [2.75, 3.05) is 6.54 Å². The van der Waals surface area contributed by atoms with Gasteiger partial charge in [0.2, 0.25) is 0 Å². The van der Waals surface area contributed by atoms with Crippen molar-refractivity contribution in [3.8, 4) is 0 Å². The van der Waals surface area contributed by atoms with Crippen molar-refractivity contribution >= 4 is 0 Å². The van der Waals surface area contributed by atoms with E-state index >= 15 is 0 Å². The van der Waals surface area contributed by atoms with Crippen molar-refractivity contribution in [3.63, 3.8) is 0 Å². The summed E-state index contributed by atoms with van der Waals surface area (Å²) < 4.78 is 0. The highest BCUT2D eigenvalue weighted by Crippen LogP contribution is 2.32. The van der Waals surface area contributed by atoms with E-state index in [4.69, 9.17) is 0 Å². The van der Waals surface area contributed by atoms with Gasteiger partial charge in [0, 0.05) is 18.2 Å². The Labute approximate surface area is 97.7 Å². The van der Waals surface area contributed by atoms with Crippen LogP contribution in [-0.4, -0.2) is 16.5 Å². The Morgan fingerprint density at radius 1 is 1.31 bits per heavy atom. The fourth-order valence-corrected chi connectivity index (χ4v) is 2.37. The van der Waals surface area contributed by atoms with Gasteiger partial charge in [0.1, 0.15) is 5.82 Å². The third-order valence-electron chi connectivity index (χ3n) is 3.20. The molecule has 1 aliphatic carbocycles. The number of hydrogen-bond donors (Lipinski definition) is 1. The van der Waals surface area contributed by atoms with Gasteiger partial charge in [-0.3, -0.25) is 0 Å². The van der Waals surface area contributed by atoms with E-state index in [1.807, 2.05) is 0 Å². The Kier molecular flexibility index (Phi) is 3.88. The molecular weight excluding hydrogens is 198 g/mol. The van der Waals surface area contributed by atoms with Crippen LogP contribution in [0, 0.1) is 6.92 Å². The zero-order chi connectivity index (χ0) is 11.4. The SMILES string of the molecule is CCNCc1cc(C)nc(C2CCCC2)n1. The summed E-state index contributed by atoms with van der Waals surface area (Å²) in [6, 6.07) is 2.08.